The zero-order valence-electron chi connectivity index (χ0n) is 77.4. The first-order valence-electron chi connectivity index (χ1n) is 48.8. The summed E-state index contributed by atoms with van der Waals surface area (Å²) in [5.41, 5.74) is 35.4. The van der Waals surface area contributed by atoms with E-state index in [-0.39, 0.29) is 0 Å². The van der Waals surface area contributed by atoms with Gasteiger partial charge in [-0.05, 0) is 245 Å². The minimum absolute atomic E-state index is 0.496. The highest BCUT2D eigenvalue weighted by molar-refractivity contribution is 6.23. The largest absolute Gasteiger partial charge is 0.309 e. The minimum atomic E-state index is 0.496. The summed E-state index contributed by atoms with van der Waals surface area (Å²) in [7, 11) is 0. The maximum Gasteiger partial charge on any atom is 0.0993 e. The van der Waals surface area contributed by atoms with Gasteiger partial charge in [-0.2, -0.15) is 10.5 Å². The van der Waals surface area contributed by atoms with E-state index in [2.05, 4.69) is 503 Å². The zero-order valence-corrected chi connectivity index (χ0v) is 77.4. The molecule has 12 nitrogen and oxygen atoms in total. The molecule has 0 spiro atoms. The van der Waals surface area contributed by atoms with E-state index in [1.165, 1.54) is 32.3 Å². The first-order chi connectivity index (χ1) is 71.4. The fourth-order valence-electron chi connectivity index (χ4n) is 24.3. The fraction of sp³-hybridized carbons (Fsp3) is 0. The first-order valence-corrected chi connectivity index (χ1v) is 48.8. The van der Waals surface area contributed by atoms with Gasteiger partial charge in [-0.3, -0.25) is 9.97 Å². The molecule has 0 saturated heterocycles. The third kappa shape index (κ3) is 11.8. The molecule has 0 aliphatic carbocycles. The van der Waals surface area contributed by atoms with E-state index >= 15 is 0 Å². The zero-order chi connectivity index (χ0) is 94.6. The van der Waals surface area contributed by atoms with E-state index in [4.69, 9.17) is 4.98 Å². The van der Waals surface area contributed by atoms with Gasteiger partial charge in [0.05, 0.1) is 134 Å². The molecule has 0 saturated carbocycles. The fourth-order valence-corrected chi connectivity index (χ4v) is 24.3. The maximum atomic E-state index is 12.0. The monoisotopic (exact) mass is 1830 g/mol. The van der Waals surface area contributed by atoms with Gasteiger partial charge in [-0.15, -0.1) is 0 Å². The van der Waals surface area contributed by atoms with Crippen molar-refractivity contribution in [3.8, 4) is 113 Å². The lowest BCUT2D eigenvalue weighted by atomic mass is 9.90. The van der Waals surface area contributed by atoms with Gasteiger partial charge in [0.25, 0.3) is 0 Å². The van der Waals surface area contributed by atoms with Crippen molar-refractivity contribution in [2.75, 3.05) is 0 Å². The number of nitrogens with zero attached hydrogens (tertiary/aromatic N) is 12. The average Bonchev–Trinajstić information content (AvgIpc) is 1.54. The van der Waals surface area contributed by atoms with Crippen LogP contribution in [0.1, 0.15) is 11.1 Å². The summed E-state index contributed by atoms with van der Waals surface area (Å²) >= 11 is 0. The van der Waals surface area contributed by atoms with Crippen LogP contribution in [0.5, 0.6) is 0 Å². The van der Waals surface area contributed by atoms with Gasteiger partial charge in [0.15, 0.2) is 0 Å². The second-order valence-electron chi connectivity index (χ2n) is 37.7. The molecule has 20 aromatic carbocycles. The van der Waals surface area contributed by atoms with Gasteiger partial charge in [-0.25, -0.2) is 0 Å². The van der Waals surface area contributed by atoms with Crippen LogP contribution < -0.4 is 0 Å². The molecule has 10 aromatic heterocycles. The van der Waals surface area contributed by atoms with Crippen LogP contribution in [0.15, 0.2) is 474 Å². The predicted molar refractivity (Wildman–Crippen MR) is 593 cm³/mol. The second kappa shape index (κ2) is 31.3. The van der Waals surface area contributed by atoms with Crippen LogP contribution in [0.2, 0.25) is 0 Å². The predicted octanol–water partition coefficient (Wildman–Crippen LogP) is 33.3. The molecule has 144 heavy (non-hydrogen) atoms. The molecule has 0 bridgehead atoms. The van der Waals surface area contributed by atoms with Gasteiger partial charge in [-0.1, -0.05) is 249 Å². The number of aromatic nitrogens is 10. The van der Waals surface area contributed by atoms with Crippen molar-refractivity contribution in [1.82, 2.24) is 46.5 Å². The van der Waals surface area contributed by atoms with Crippen molar-refractivity contribution in [2.45, 2.75) is 0 Å². The second-order valence-corrected chi connectivity index (χ2v) is 37.7. The topological polar surface area (TPSA) is 113 Å². The molecule has 0 radical (unpaired) electrons. The minimum Gasteiger partial charge on any atom is -0.309 e. The lowest BCUT2D eigenvalue weighted by Gasteiger charge is -2.21. The highest BCUT2D eigenvalue weighted by Crippen LogP contribution is 2.52. The number of hydrogen-bond acceptors (Lipinski definition) is 4. The van der Waals surface area contributed by atoms with Gasteiger partial charge < -0.3 is 36.5 Å². The van der Waals surface area contributed by atoms with E-state index < -0.39 is 0 Å². The summed E-state index contributed by atoms with van der Waals surface area (Å²) in [4.78, 5) is 9.36. The van der Waals surface area contributed by atoms with E-state index in [1.807, 2.05) is 24.8 Å². The molecule has 30 rings (SSSR count). The summed E-state index contributed by atoms with van der Waals surface area (Å²) < 4.78 is 19.3. The molecular formula is C132H78N12. The molecule has 30 aromatic rings. The van der Waals surface area contributed by atoms with Crippen molar-refractivity contribution >= 4 is 174 Å². The van der Waals surface area contributed by atoms with Crippen molar-refractivity contribution in [1.29, 1.82) is 10.5 Å². The van der Waals surface area contributed by atoms with Crippen LogP contribution in [0.4, 0.5) is 0 Å². The Kier molecular flexibility index (Phi) is 17.4. The molecule has 0 amide bonds. The van der Waals surface area contributed by atoms with Gasteiger partial charge in [0.1, 0.15) is 0 Å². The van der Waals surface area contributed by atoms with Crippen LogP contribution in [-0.2, 0) is 0 Å². The van der Waals surface area contributed by atoms with Crippen LogP contribution in [0, 0.1) is 22.7 Å². The van der Waals surface area contributed by atoms with Crippen molar-refractivity contribution < 1.29 is 0 Å². The number of nitriles is 2. The van der Waals surface area contributed by atoms with E-state index in [0.717, 1.165) is 243 Å². The molecule has 0 atom stereocenters. The normalized spacial score (nSPS) is 12.0. The van der Waals surface area contributed by atoms with Gasteiger partial charge in [0, 0.05) is 145 Å². The Labute approximate surface area is 823 Å². The summed E-state index contributed by atoms with van der Waals surface area (Å²) in [5.74, 6) is 0. The van der Waals surface area contributed by atoms with Crippen LogP contribution in [-0.4, -0.2) is 46.5 Å². The smallest absolute Gasteiger partial charge is 0.0993 e. The molecule has 0 unspecified atom stereocenters. The Hall–Kier alpha value is -19.9. The van der Waals surface area contributed by atoms with Gasteiger partial charge >= 0.3 is 0 Å². The molecule has 10 heterocycles. The van der Waals surface area contributed by atoms with Crippen LogP contribution in [0.3, 0.4) is 0 Å². The number of para-hydroxylation sites is 9. The number of rotatable bonds is 13. The van der Waals surface area contributed by atoms with Gasteiger partial charge in [0.2, 0.25) is 0 Å². The molecule has 12 heteroatoms. The van der Waals surface area contributed by atoms with Crippen molar-refractivity contribution in [3.05, 3.63) is 485 Å². The summed E-state index contributed by atoms with van der Waals surface area (Å²) in [6.45, 7) is 0. The van der Waals surface area contributed by atoms with Crippen molar-refractivity contribution in [2.24, 2.45) is 0 Å². The average molecular weight is 1830 g/mol. The molecule has 0 aliphatic heterocycles. The summed E-state index contributed by atoms with van der Waals surface area (Å²) in [6, 6.07) is 169. The Morgan fingerprint density at radius 1 is 0.160 bits per heavy atom. The van der Waals surface area contributed by atoms with Crippen LogP contribution >= 0.6 is 0 Å². The number of fused-ring (bicyclic) bond motifs is 24. The number of hydrogen-bond donors (Lipinski definition) is 0. The molecule has 666 valence electrons. The third-order valence-corrected chi connectivity index (χ3v) is 30.3. The Bertz CT molecular complexity index is 10500. The molecule has 0 N–H and O–H groups in total. The maximum absolute atomic E-state index is 12.0. The highest BCUT2D eigenvalue weighted by atomic mass is 15.1. The Morgan fingerprint density at radius 2 is 0.438 bits per heavy atom. The quantitative estimate of drug-likeness (QED) is 0.114. The number of pyridine rings is 2. The highest BCUT2D eigenvalue weighted by Gasteiger charge is 2.31. The lowest BCUT2D eigenvalue weighted by molar-refractivity contribution is 1.12. The van der Waals surface area contributed by atoms with E-state index in [1.54, 1.807) is 0 Å². The standard InChI is InChI=1S/C132H78N12/c133-79-81-68-126(141-119-56-51-88(137-110-40-16-7-30-92(110)93-31-8-17-41-111(93)137)73-105(119)106-74-89(52-57-120(106)141)138-112-42-18-9-32-94(112)95-33-10-19-43-113(95)138)130(85-60-64-135-65-61-85)127(69-81)142-121-58-53-90(139-114-44-20-11-34-96(114)97-35-12-21-45-115(97)139)75-107(121)108-76-91(54-59-122(108)142)140-118-48-24-15-38-102(118)132-101(39-25-49-123(132)140)104-77-109-99-37-14-23-47-117(99)144(125(109)78-103(104)84-28-5-2-6-29-84)129-71-82(80-134)70-128(131(129)86-62-66-136-67-63-86)143-116-46-22-13-36-98(116)100-55-50-87(72-124(100)143)83-26-3-1-4-27-83/h1-78H. The SMILES string of the molecule is N#Cc1cc(-n2c3ccc(-n4c5ccccc5c5ccccc54)cc3c3cc(-n4c5ccccc5c5ccccc54)ccc32)c(-c2ccncc2)c(-n2c3ccc(-n4c5ccccc5c5ccccc54)cc3c3cc(-n4c5ccccc5c5c(-c6cc7c8ccccc8n(-c8cc(C#N)cc(-n9c%10ccccc%10c%10ccc(-c%11ccccc%11)cc%109)c8-c8ccncc8)c7cc6-c6ccccc6)cccc54)ccc32)c1. The van der Waals surface area contributed by atoms with E-state index in [0.29, 0.717) is 11.1 Å². The Morgan fingerprint density at radius 3 is 0.806 bits per heavy atom. The van der Waals surface area contributed by atoms with E-state index in [9.17, 15) is 10.5 Å². The number of benzene rings is 20. The first kappa shape index (κ1) is 80.2. The lowest BCUT2D eigenvalue weighted by Crippen LogP contribution is -2.05. The summed E-state index contributed by atoms with van der Waals surface area (Å²) in [6.07, 6.45) is 7.52. The molecule has 0 aliphatic rings. The molecular weight excluding hydrogens is 1750 g/mol. The van der Waals surface area contributed by atoms with Crippen molar-refractivity contribution in [3.63, 3.8) is 0 Å². The summed E-state index contributed by atoms with van der Waals surface area (Å²) in [5, 5.41) is 41.4. The Balaban J connectivity index is 0.651. The third-order valence-electron chi connectivity index (χ3n) is 30.3. The van der Waals surface area contributed by atoms with Crippen LogP contribution in [0.25, 0.3) is 276 Å². The molecule has 0 fully saturated rings.